The third-order valence-corrected chi connectivity index (χ3v) is 6.14. The molecular formula is C23H16FN7O3. The van der Waals surface area contributed by atoms with Gasteiger partial charge in [-0.05, 0) is 37.1 Å². The van der Waals surface area contributed by atoms with E-state index in [1.54, 1.807) is 31.5 Å². The quantitative estimate of drug-likeness (QED) is 0.395. The lowest BCUT2D eigenvalue weighted by molar-refractivity contribution is 0.0689. The highest BCUT2D eigenvalue weighted by molar-refractivity contribution is 5.87. The van der Waals surface area contributed by atoms with E-state index in [9.17, 15) is 14.4 Å². The van der Waals surface area contributed by atoms with Crippen molar-refractivity contribution in [3.8, 4) is 17.7 Å². The minimum absolute atomic E-state index is 0.0251. The zero-order valence-corrected chi connectivity index (χ0v) is 17.9. The fraction of sp³-hybridized carbons (Fsp3) is 0.217. The second kappa shape index (κ2) is 7.29. The van der Waals surface area contributed by atoms with Crippen LogP contribution in [0.4, 0.5) is 4.39 Å². The molecular weight excluding hydrogens is 441 g/mol. The molecule has 0 bridgehead atoms. The number of rotatable bonds is 5. The average molecular weight is 457 g/mol. The third kappa shape index (κ3) is 2.85. The topological polar surface area (TPSA) is 124 Å². The molecule has 4 heterocycles. The smallest absolute Gasteiger partial charge is 0.279 e. The Balaban J connectivity index is 1.64. The highest BCUT2D eigenvalue weighted by Gasteiger charge is 2.49. The number of aromatic nitrogens is 6. The van der Waals surface area contributed by atoms with E-state index in [-0.39, 0.29) is 34.7 Å². The first kappa shape index (κ1) is 20.2. The first-order chi connectivity index (χ1) is 16.6. The molecule has 0 unspecified atom stereocenters. The second-order valence-corrected chi connectivity index (χ2v) is 8.05. The van der Waals surface area contributed by atoms with Crippen LogP contribution in [0.15, 0.2) is 52.2 Å². The number of benzene rings is 1. The standard InChI is InChI=1S/C23H16FN7O3/c1-33-23(7-8-23)22-28-20(34-29-22)17-19-21(32)30(11-13-4-2-3-9-26-13)18-14(10-25)15(24)5-6-16(18)31(19)12-27-17/h2-6,9,12H,7-8,11H2,1H3. The summed E-state index contributed by atoms with van der Waals surface area (Å²) in [6.45, 7) is 0.0251. The van der Waals surface area contributed by atoms with Crippen molar-refractivity contribution in [2.75, 3.05) is 7.11 Å². The Morgan fingerprint density at radius 2 is 2.09 bits per heavy atom. The second-order valence-electron chi connectivity index (χ2n) is 8.05. The molecule has 168 valence electrons. The monoisotopic (exact) mass is 457 g/mol. The van der Waals surface area contributed by atoms with Gasteiger partial charge >= 0.3 is 0 Å². The number of nitrogens with zero attached hydrogens (tertiary/aromatic N) is 7. The molecule has 0 amide bonds. The van der Waals surface area contributed by atoms with E-state index < -0.39 is 17.0 Å². The van der Waals surface area contributed by atoms with Gasteiger partial charge in [0.05, 0.1) is 23.3 Å². The summed E-state index contributed by atoms with van der Waals surface area (Å²) in [5, 5.41) is 13.7. The average Bonchev–Trinajstić information content (AvgIpc) is 3.28. The highest BCUT2D eigenvalue weighted by Crippen LogP contribution is 2.47. The van der Waals surface area contributed by atoms with Gasteiger partial charge in [-0.15, -0.1) is 0 Å². The van der Waals surface area contributed by atoms with E-state index in [2.05, 4.69) is 20.1 Å². The Bertz CT molecular complexity index is 1680. The van der Waals surface area contributed by atoms with Crippen LogP contribution in [-0.4, -0.2) is 36.2 Å². The number of methoxy groups -OCH3 is 1. The van der Waals surface area contributed by atoms with Crippen LogP contribution in [0.1, 0.15) is 29.9 Å². The predicted molar refractivity (Wildman–Crippen MR) is 116 cm³/mol. The fourth-order valence-corrected chi connectivity index (χ4v) is 4.19. The first-order valence-electron chi connectivity index (χ1n) is 10.5. The summed E-state index contributed by atoms with van der Waals surface area (Å²) in [5.74, 6) is -0.251. The van der Waals surface area contributed by atoms with Crippen molar-refractivity contribution in [3.63, 3.8) is 0 Å². The van der Waals surface area contributed by atoms with Gasteiger partial charge in [-0.3, -0.25) is 18.7 Å². The van der Waals surface area contributed by atoms with Crippen LogP contribution in [-0.2, 0) is 16.9 Å². The molecule has 1 aliphatic rings. The summed E-state index contributed by atoms with van der Waals surface area (Å²) < 4.78 is 28.4. The number of imidazole rings is 1. The summed E-state index contributed by atoms with van der Waals surface area (Å²) in [5.41, 5.74) is 0.197. The lowest BCUT2D eigenvalue weighted by atomic mass is 10.1. The first-order valence-corrected chi connectivity index (χ1v) is 10.5. The Hall–Kier alpha value is -4.43. The number of nitriles is 1. The Morgan fingerprint density at radius 3 is 2.79 bits per heavy atom. The lowest BCUT2D eigenvalue weighted by Crippen LogP contribution is -2.25. The molecule has 0 atom stereocenters. The predicted octanol–water partition coefficient (Wildman–Crippen LogP) is 2.79. The summed E-state index contributed by atoms with van der Waals surface area (Å²) in [4.78, 5) is 26.9. The van der Waals surface area contributed by atoms with Crippen LogP contribution < -0.4 is 5.56 Å². The highest BCUT2D eigenvalue weighted by atomic mass is 19.1. The minimum atomic E-state index is -0.723. The van der Waals surface area contributed by atoms with Crippen molar-refractivity contribution in [2.24, 2.45) is 0 Å². The van der Waals surface area contributed by atoms with Crippen molar-refractivity contribution < 1.29 is 13.7 Å². The van der Waals surface area contributed by atoms with Crippen LogP contribution >= 0.6 is 0 Å². The Labute approximate surface area is 190 Å². The fourth-order valence-electron chi connectivity index (χ4n) is 4.19. The summed E-state index contributed by atoms with van der Waals surface area (Å²) in [6, 6.07) is 9.86. The van der Waals surface area contributed by atoms with Gasteiger partial charge in [-0.25, -0.2) is 9.37 Å². The maximum absolute atomic E-state index is 14.6. The van der Waals surface area contributed by atoms with Gasteiger partial charge in [0.2, 0.25) is 5.82 Å². The van der Waals surface area contributed by atoms with Gasteiger partial charge in [-0.2, -0.15) is 10.2 Å². The molecule has 5 aromatic rings. The van der Waals surface area contributed by atoms with E-state index in [1.807, 2.05) is 6.07 Å². The Morgan fingerprint density at radius 1 is 1.24 bits per heavy atom. The molecule has 0 saturated heterocycles. The van der Waals surface area contributed by atoms with Gasteiger partial charge < -0.3 is 9.26 Å². The molecule has 1 saturated carbocycles. The zero-order valence-electron chi connectivity index (χ0n) is 17.9. The molecule has 11 heteroatoms. The maximum Gasteiger partial charge on any atom is 0.279 e. The van der Waals surface area contributed by atoms with E-state index in [0.29, 0.717) is 17.0 Å². The van der Waals surface area contributed by atoms with Crippen LogP contribution in [0, 0.1) is 17.1 Å². The van der Waals surface area contributed by atoms with Crippen molar-refractivity contribution in [2.45, 2.75) is 25.0 Å². The van der Waals surface area contributed by atoms with Gasteiger partial charge in [0, 0.05) is 13.3 Å². The number of hydrogen-bond donors (Lipinski definition) is 0. The lowest BCUT2D eigenvalue weighted by Gasteiger charge is -2.14. The van der Waals surface area contributed by atoms with Gasteiger partial charge in [0.25, 0.3) is 11.4 Å². The van der Waals surface area contributed by atoms with Gasteiger partial charge in [0.15, 0.2) is 5.69 Å². The molecule has 0 spiro atoms. The van der Waals surface area contributed by atoms with Crippen molar-refractivity contribution in [1.82, 2.24) is 29.1 Å². The number of pyridine rings is 1. The van der Waals surface area contributed by atoms with Crippen molar-refractivity contribution in [1.29, 1.82) is 5.26 Å². The van der Waals surface area contributed by atoms with Gasteiger partial charge in [0.1, 0.15) is 34.9 Å². The van der Waals surface area contributed by atoms with Gasteiger partial charge in [-0.1, -0.05) is 11.2 Å². The maximum atomic E-state index is 14.6. The summed E-state index contributed by atoms with van der Waals surface area (Å²) >= 11 is 0. The summed E-state index contributed by atoms with van der Waals surface area (Å²) in [7, 11) is 1.59. The number of halogens is 1. The molecule has 6 rings (SSSR count). The molecule has 0 aliphatic heterocycles. The molecule has 34 heavy (non-hydrogen) atoms. The SMILES string of the molecule is COC1(c2noc(-c3ncn4c3c(=O)n(Cc3ccccn3)c3c(C#N)c(F)ccc34)n2)CC1. The normalized spacial score (nSPS) is 14.5. The summed E-state index contributed by atoms with van der Waals surface area (Å²) in [6.07, 6.45) is 4.57. The number of fused-ring (bicyclic) bond motifs is 3. The van der Waals surface area contributed by atoms with E-state index >= 15 is 0 Å². The molecule has 1 aromatic carbocycles. The van der Waals surface area contributed by atoms with Crippen LogP contribution in [0.25, 0.3) is 28.1 Å². The van der Waals surface area contributed by atoms with E-state index in [4.69, 9.17) is 9.26 Å². The Kier molecular flexibility index (Phi) is 4.33. The van der Waals surface area contributed by atoms with Crippen molar-refractivity contribution in [3.05, 3.63) is 76.1 Å². The molecule has 10 nitrogen and oxygen atoms in total. The third-order valence-electron chi connectivity index (χ3n) is 6.14. The largest absolute Gasteiger partial charge is 0.370 e. The van der Waals surface area contributed by atoms with Crippen molar-refractivity contribution >= 4 is 16.6 Å². The molecule has 0 radical (unpaired) electrons. The molecule has 1 aliphatic carbocycles. The van der Waals surface area contributed by atoms with E-state index in [0.717, 1.165) is 12.8 Å². The van der Waals surface area contributed by atoms with E-state index in [1.165, 1.54) is 27.4 Å². The van der Waals surface area contributed by atoms with Crippen LogP contribution in [0.3, 0.4) is 0 Å². The van der Waals surface area contributed by atoms with Crippen LogP contribution in [0.5, 0.6) is 0 Å². The number of hydrogen-bond acceptors (Lipinski definition) is 8. The molecule has 4 aromatic heterocycles. The minimum Gasteiger partial charge on any atom is -0.370 e. The molecule has 1 fully saturated rings. The van der Waals surface area contributed by atoms with Crippen LogP contribution in [0.2, 0.25) is 0 Å². The molecule has 0 N–H and O–H groups in total. The number of ether oxygens (including phenoxy) is 1. The zero-order chi connectivity index (χ0) is 23.4.